The molecule has 0 aliphatic heterocycles. The predicted molar refractivity (Wildman–Crippen MR) is 107 cm³/mol. The van der Waals surface area contributed by atoms with Crippen LogP contribution in [0.4, 0.5) is 13.2 Å². The summed E-state index contributed by atoms with van der Waals surface area (Å²) < 4.78 is 65.6. The molecule has 1 aromatic heterocycles. The lowest BCUT2D eigenvalue weighted by Gasteiger charge is -2.13. The quantitative estimate of drug-likeness (QED) is 0.512. The molecule has 5 nitrogen and oxygen atoms in total. The second-order valence-corrected chi connectivity index (χ2v) is 9.75. The number of sulfone groups is 1. The molecule has 29 heavy (non-hydrogen) atoms. The van der Waals surface area contributed by atoms with E-state index in [0.717, 1.165) is 10.9 Å². The number of alkyl halides is 3. The van der Waals surface area contributed by atoms with E-state index in [0.29, 0.717) is 22.2 Å². The van der Waals surface area contributed by atoms with Gasteiger partial charge in [-0.3, -0.25) is 9.36 Å². The van der Waals surface area contributed by atoms with Gasteiger partial charge in [-0.15, -0.1) is 0 Å². The highest BCUT2D eigenvalue weighted by Crippen LogP contribution is 2.33. The van der Waals surface area contributed by atoms with Gasteiger partial charge in [0.2, 0.25) is 0 Å². The van der Waals surface area contributed by atoms with Crippen LogP contribution in [0.2, 0.25) is 5.02 Å². The minimum atomic E-state index is -4.68. The highest BCUT2D eigenvalue weighted by atomic mass is 79.9. The van der Waals surface area contributed by atoms with Crippen LogP contribution in [0.25, 0.3) is 10.9 Å². The summed E-state index contributed by atoms with van der Waals surface area (Å²) in [5, 5.41) is -0.599. The summed E-state index contributed by atoms with van der Waals surface area (Å²) in [6.07, 6.45) is -3.55. The Morgan fingerprint density at radius 1 is 1.21 bits per heavy atom. The van der Waals surface area contributed by atoms with Gasteiger partial charge in [-0.1, -0.05) is 34.5 Å². The molecule has 0 saturated heterocycles. The minimum Gasteiger partial charge on any atom is -0.294 e. The Labute approximate surface area is 177 Å². The normalized spacial score (nSPS) is 12.5. The fourth-order valence-electron chi connectivity index (χ4n) is 2.82. The molecule has 1 heterocycles. The lowest BCUT2D eigenvalue weighted by atomic mass is 10.1. The minimum absolute atomic E-state index is 0.0391. The van der Waals surface area contributed by atoms with E-state index in [1.54, 1.807) is 6.07 Å². The number of nitrogens with zero attached hydrogens (tertiary/aromatic N) is 2. The Kier molecular flexibility index (Phi) is 5.81. The molecule has 3 rings (SSSR count). The molecule has 2 aromatic carbocycles. The van der Waals surface area contributed by atoms with Crippen molar-refractivity contribution in [2.75, 3.05) is 5.75 Å². The molecule has 0 spiro atoms. The first-order valence-corrected chi connectivity index (χ1v) is 11.0. The zero-order valence-electron chi connectivity index (χ0n) is 14.8. The molecular formula is C18H13BrClF3N2O3S. The summed E-state index contributed by atoms with van der Waals surface area (Å²) >= 11 is 9.14. The molecule has 0 atom stereocenters. The van der Waals surface area contributed by atoms with Crippen molar-refractivity contribution >= 4 is 48.3 Å². The monoisotopic (exact) mass is 508 g/mol. The van der Waals surface area contributed by atoms with Gasteiger partial charge in [-0.25, -0.2) is 13.4 Å². The van der Waals surface area contributed by atoms with E-state index in [1.807, 2.05) is 0 Å². The molecule has 0 aliphatic rings. The smallest absolute Gasteiger partial charge is 0.294 e. The van der Waals surface area contributed by atoms with Gasteiger partial charge in [0.15, 0.2) is 9.84 Å². The van der Waals surface area contributed by atoms with E-state index in [4.69, 9.17) is 11.6 Å². The van der Waals surface area contributed by atoms with Crippen LogP contribution < -0.4 is 5.56 Å². The average molecular weight is 510 g/mol. The van der Waals surface area contributed by atoms with Crippen molar-refractivity contribution in [3.63, 3.8) is 0 Å². The van der Waals surface area contributed by atoms with Crippen LogP contribution in [-0.4, -0.2) is 23.7 Å². The van der Waals surface area contributed by atoms with Crippen LogP contribution in [0.3, 0.4) is 0 Å². The third-order valence-electron chi connectivity index (χ3n) is 4.29. The summed E-state index contributed by atoms with van der Waals surface area (Å²) in [6, 6.07) is 5.91. The maximum absolute atomic E-state index is 13.1. The molecular weight excluding hydrogens is 497 g/mol. The lowest BCUT2D eigenvalue weighted by Crippen LogP contribution is -2.23. The summed E-state index contributed by atoms with van der Waals surface area (Å²) in [5.41, 5.74) is -1.58. The van der Waals surface area contributed by atoms with Crippen LogP contribution in [0.1, 0.15) is 18.1 Å². The van der Waals surface area contributed by atoms with Crippen LogP contribution in [-0.2, 0) is 22.6 Å². The fraction of sp³-hybridized carbons (Fsp3) is 0.222. The van der Waals surface area contributed by atoms with E-state index >= 15 is 0 Å². The van der Waals surface area contributed by atoms with Crippen molar-refractivity contribution in [3.05, 3.63) is 67.6 Å². The molecule has 0 fully saturated rings. The second kappa shape index (κ2) is 7.73. The summed E-state index contributed by atoms with van der Waals surface area (Å²) in [6.45, 7) is 1.30. The Morgan fingerprint density at radius 3 is 2.52 bits per heavy atom. The molecule has 0 amide bonds. The van der Waals surface area contributed by atoms with Gasteiger partial charge >= 0.3 is 6.18 Å². The molecule has 0 radical (unpaired) electrons. The number of rotatable bonds is 4. The predicted octanol–water partition coefficient (Wildman–Crippen LogP) is 4.67. The van der Waals surface area contributed by atoms with E-state index in [2.05, 4.69) is 20.9 Å². The van der Waals surface area contributed by atoms with Crippen LogP contribution in [0.5, 0.6) is 0 Å². The molecule has 0 bridgehead atoms. The van der Waals surface area contributed by atoms with Gasteiger partial charge in [0, 0.05) is 4.47 Å². The SMILES string of the molecule is CCS(=O)(=O)c1ccc(Br)cc1Cn1cnc2c(Cl)cc(C(F)(F)F)cc2c1=O. The maximum Gasteiger partial charge on any atom is 0.416 e. The van der Waals surface area contributed by atoms with Crippen molar-refractivity contribution < 1.29 is 21.6 Å². The molecule has 0 aliphatic carbocycles. The lowest BCUT2D eigenvalue weighted by molar-refractivity contribution is -0.137. The number of halogens is 5. The zero-order valence-corrected chi connectivity index (χ0v) is 18.0. The summed E-state index contributed by atoms with van der Waals surface area (Å²) in [7, 11) is -3.58. The van der Waals surface area contributed by atoms with Crippen LogP contribution in [0, 0.1) is 0 Å². The van der Waals surface area contributed by atoms with E-state index in [-0.39, 0.29) is 33.1 Å². The van der Waals surface area contributed by atoms with E-state index in [1.165, 1.54) is 19.1 Å². The fourth-order valence-corrected chi connectivity index (χ4v) is 4.60. The summed E-state index contributed by atoms with van der Waals surface area (Å²) in [5.74, 6) is -0.142. The Hall–Kier alpha value is -1.91. The Bertz CT molecular complexity index is 1270. The van der Waals surface area contributed by atoms with Gasteiger partial charge in [0.25, 0.3) is 5.56 Å². The highest BCUT2D eigenvalue weighted by Gasteiger charge is 2.32. The standard InChI is InChI=1S/C18H13BrClF3N2O3S/c1-2-29(27,28)15-4-3-12(19)5-10(15)8-25-9-24-16-13(17(25)26)6-11(7-14(16)20)18(21,22)23/h3-7,9H,2,8H2,1H3. The van der Waals surface area contributed by atoms with Gasteiger partial charge in [-0.2, -0.15) is 13.2 Å². The van der Waals surface area contributed by atoms with Crippen molar-refractivity contribution in [3.8, 4) is 0 Å². The van der Waals surface area contributed by atoms with Crippen molar-refractivity contribution in [1.29, 1.82) is 0 Å². The number of hydrogen-bond acceptors (Lipinski definition) is 4. The average Bonchev–Trinajstić information content (AvgIpc) is 2.63. The van der Waals surface area contributed by atoms with Crippen molar-refractivity contribution in [1.82, 2.24) is 9.55 Å². The molecule has 3 aromatic rings. The topological polar surface area (TPSA) is 69.0 Å². The Balaban J connectivity index is 2.20. The van der Waals surface area contributed by atoms with E-state index < -0.39 is 27.1 Å². The molecule has 0 saturated carbocycles. The maximum atomic E-state index is 13.1. The third-order valence-corrected chi connectivity index (χ3v) is 6.90. The zero-order chi connectivity index (χ0) is 21.6. The van der Waals surface area contributed by atoms with Gasteiger partial charge < -0.3 is 0 Å². The van der Waals surface area contributed by atoms with Crippen LogP contribution in [0.15, 0.2) is 50.8 Å². The highest BCUT2D eigenvalue weighted by molar-refractivity contribution is 9.10. The van der Waals surface area contributed by atoms with Crippen LogP contribution >= 0.6 is 27.5 Å². The largest absolute Gasteiger partial charge is 0.416 e. The van der Waals surface area contributed by atoms with Gasteiger partial charge in [-0.05, 0) is 35.9 Å². The first-order valence-electron chi connectivity index (χ1n) is 8.21. The van der Waals surface area contributed by atoms with Gasteiger partial charge in [0.1, 0.15) is 0 Å². The van der Waals surface area contributed by atoms with Gasteiger partial charge in [0.05, 0.1) is 45.0 Å². The number of aromatic nitrogens is 2. The first kappa shape index (κ1) is 21.8. The number of hydrogen-bond donors (Lipinski definition) is 0. The molecule has 0 unspecified atom stereocenters. The molecule has 11 heteroatoms. The van der Waals surface area contributed by atoms with Crippen molar-refractivity contribution in [2.24, 2.45) is 0 Å². The molecule has 0 N–H and O–H groups in total. The first-order chi connectivity index (χ1) is 13.4. The Morgan fingerprint density at radius 2 is 1.90 bits per heavy atom. The third kappa shape index (κ3) is 4.34. The second-order valence-electron chi connectivity index (χ2n) is 6.19. The number of benzene rings is 2. The van der Waals surface area contributed by atoms with Crippen molar-refractivity contribution in [2.45, 2.75) is 24.5 Å². The van der Waals surface area contributed by atoms with E-state index in [9.17, 15) is 26.4 Å². The number of fused-ring (bicyclic) bond motifs is 1. The summed E-state index contributed by atoms with van der Waals surface area (Å²) in [4.78, 5) is 16.9. The molecule has 154 valence electrons.